The van der Waals surface area contributed by atoms with Gasteiger partial charge in [-0.2, -0.15) is 0 Å². The van der Waals surface area contributed by atoms with Crippen LogP contribution < -0.4 is 11.1 Å². The average Bonchev–Trinajstić information content (AvgIpc) is 2.27. The Bertz CT molecular complexity index is 412. The molecule has 0 spiro atoms. The lowest BCUT2D eigenvalue weighted by molar-refractivity contribution is -0.119. The number of amides is 1. The molecule has 3 nitrogen and oxygen atoms in total. The first-order valence-corrected chi connectivity index (χ1v) is 5.76. The molecule has 1 aliphatic heterocycles. The van der Waals surface area contributed by atoms with Gasteiger partial charge in [-0.1, -0.05) is 32.0 Å². The summed E-state index contributed by atoms with van der Waals surface area (Å²) in [6, 6.07) is 6.20. The predicted octanol–water partition coefficient (Wildman–Crippen LogP) is 1.88. The molecule has 0 saturated heterocycles. The van der Waals surface area contributed by atoms with E-state index < -0.39 is 0 Å². The van der Waals surface area contributed by atoms with Gasteiger partial charge >= 0.3 is 0 Å². The fourth-order valence-electron chi connectivity index (χ4n) is 2.20. The van der Waals surface area contributed by atoms with Crippen molar-refractivity contribution in [2.24, 2.45) is 11.7 Å². The Labute approximate surface area is 96.0 Å². The van der Waals surface area contributed by atoms with Crippen molar-refractivity contribution in [1.29, 1.82) is 0 Å². The average molecular weight is 218 g/mol. The second kappa shape index (κ2) is 4.26. The smallest absolute Gasteiger partial charge is 0.229 e. The lowest BCUT2D eigenvalue weighted by Crippen LogP contribution is -2.35. The van der Waals surface area contributed by atoms with E-state index in [9.17, 15) is 4.79 Å². The summed E-state index contributed by atoms with van der Waals surface area (Å²) in [6.45, 7) is 4.69. The molecule has 3 heteroatoms. The molecule has 86 valence electrons. The molecule has 0 fully saturated rings. The molecule has 1 aromatic carbocycles. The van der Waals surface area contributed by atoms with Crippen LogP contribution in [0, 0.1) is 5.92 Å². The molecule has 0 aromatic heterocycles. The van der Waals surface area contributed by atoms with Gasteiger partial charge in [-0.3, -0.25) is 4.79 Å². The van der Waals surface area contributed by atoms with E-state index in [1.807, 2.05) is 0 Å². The molecule has 1 amide bonds. The summed E-state index contributed by atoms with van der Waals surface area (Å²) in [5.74, 6) is 0.405. The predicted molar refractivity (Wildman–Crippen MR) is 65.4 cm³/mol. The number of nitrogens with one attached hydrogen (secondary N) is 1. The molecule has 0 saturated carbocycles. The second-order valence-corrected chi connectivity index (χ2v) is 4.66. The number of carbonyl (C=O) groups excluding carboxylic acids is 1. The van der Waals surface area contributed by atoms with Crippen LogP contribution in [0.3, 0.4) is 0 Å². The summed E-state index contributed by atoms with van der Waals surface area (Å²) in [5, 5.41) is 2.99. The Morgan fingerprint density at radius 3 is 2.88 bits per heavy atom. The molecule has 1 unspecified atom stereocenters. The first-order chi connectivity index (χ1) is 7.63. The highest BCUT2D eigenvalue weighted by molar-refractivity contribution is 5.96. The normalized spacial score (nSPS) is 19.5. The largest absolute Gasteiger partial charge is 0.330 e. The van der Waals surface area contributed by atoms with Crippen LogP contribution in [0.15, 0.2) is 18.2 Å². The van der Waals surface area contributed by atoms with E-state index in [0.29, 0.717) is 12.5 Å². The Morgan fingerprint density at radius 1 is 1.50 bits per heavy atom. The van der Waals surface area contributed by atoms with Crippen LogP contribution in [-0.2, 0) is 11.2 Å². The first-order valence-electron chi connectivity index (χ1n) is 5.76. The summed E-state index contributed by atoms with van der Waals surface area (Å²) in [5.41, 5.74) is 9.01. The van der Waals surface area contributed by atoms with Gasteiger partial charge in [-0.25, -0.2) is 0 Å². The molecule has 0 bridgehead atoms. The fraction of sp³-hybridized carbons (Fsp3) is 0.462. The zero-order valence-corrected chi connectivity index (χ0v) is 9.79. The number of hydrogen-bond acceptors (Lipinski definition) is 2. The van der Waals surface area contributed by atoms with Crippen molar-refractivity contribution in [3.63, 3.8) is 0 Å². The lowest BCUT2D eigenvalue weighted by Gasteiger charge is -2.26. The third-order valence-electron chi connectivity index (χ3n) is 3.17. The van der Waals surface area contributed by atoms with Crippen molar-refractivity contribution in [3.05, 3.63) is 29.3 Å². The van der Waals surface area contributed by atoms with Crippen molar-refractivity contribution in [3.8, 4) is 0 Å². The highest BCUT2D eigenvalue weighted by Crippen LogP contribution is 2.32. The van der Waals surface area contributed by atoms with Gasteiger partial charge in [0.05, 0.1) is 5.92 Å². The zero-order valence-electron chi connectivity index (χ0n) is 9.79. The van der Waals surface area contributed by atoms with Gasteiger partial charge in [0.15, 0.2) is 0 Å². The minimum absolute atomic E-state index is 0.0584. The van der Waals surface area contributed by atoms with Crippen LogP contribution in [0.5, 0.6) is 0 Å². The molecule has 16 heavy (non-hydrogen) atoms. The molecule has 1 aromatic rings. The van der Waals surface area contributed by atoms with E-state index >= 15 is 0 Å². The number of para-hydroxylation sites is 1. The second-order valence-electron chi connectivity index (χ2n) is 4.66. The number of nitrogens with two attached hydrogens (primary N) is 1. The van der Waals surface area contributed by atoms with Gasteiger partial charge in [-0.15, -0.1) is 0 Å². The van der Waals surface area contributed by atoms with Crippen molar-refractivity contribution in [1.82, 2.24) is 0 Å². The van der Waals surface area contributed by atoms with Gasteiger partial charge < -0.3 is 11.1 Å². The summed E-state index contributed by atoms with van der Waals surface area (Å²) < 4.78 is 0. The minimum Gasteiger partial charge on any atom is -0.330 e. The topological polar surface area (TPSA) is 55.1 Å². The van der Waals surface area contributed by atoms with E-state index in [2.05, 4.69) is 37.4 Å². The van der Waals surface area contributed by atoms with Gasteiger partial charge in [-0.05, 0) is 23.5 Å². The monoisotopic (exact) mass is 218 g/mol. The minimum atomic E-state index is -0.0742. The van der Waals surface area contributed by atoms with Gasteiger partial charge in [0.1, 0.15) is 0 Å². The molecular weight excluding hydrogens is 200 g/mol. The van der Waals surface area contributed by atoms with Crippen molar-refractivity contribution >= 4 is 11.6 Å². The number of carbonyl (C=O) groups is 1. The molecule has 3 N–H and O–H groups in total. The van der Waals surface area contributed by atoms with Crippen LogP contribution >= 0.6 is 0 Å². The van der Waals surface area contributed by atoms with Crippen LogP contribution in [0.1, 0.15) is 30.9 Å². The number of hydrogen-bond donors (Lipinski definition) is 2. The number of rotatable bonds is 2. The SMILES string of the molecule is CC(C)c1cccc2c1NC(=O)C(CN)C2. The van der Waals surface area contributed by atoms with Crippen LogP contribution in [0.2, 0.25) is 0 Å². The quantitative estimate of drug-likeness (QED) is 0.796. The number of fused-ring (bicyclic) bond motifs is 1. The molecule has 0 aliphatic carbocycles. The molecular formula is C13H18N2O. The Morgan fingerprint density at radius 2 is 2.25 bits per heavy atom. The molecule has 1 atom stereocenters. The first kappa shape index (κ1) is 11.1. The van der Waals surface area contributed by atoms with Crippen molar-refractivity contribution in [2.45, 2.75) is 26.2 Å². The highest BCUT2D eigenvalue weighted by atomic mass is 16.1. The Kier molecular flexibility index (Phi) is 2.97. The van der Waals surface area contributed by atoms with Crippen LogP contribution in [0.25, 0.3) is 0 Å². The van der Waals surface area contributed by atoms with Gasteiger partial charge in [0.25, 0.3) is 0 Å². The number of benzene rings is 1. The van der Waals surface area contributed by atoms with E-state index in [4.69, 9.17) is 5.73 Å². The van der Waals surface area contributed by atoms with E-state index in [-0.39, 0.29) is 11.8 Å². The molecule has 1 aliphatic rings. The lowest BCUT2D eigenvalue weighted by atomic mass is 9.88. The number of anilines is 1. The molecule has 0 radical (unpaired) electrons. The van der Waals surface area contributed by atoms with E-state index in [1.165, 1.54) is 11.1 Å². The summed E-state index contributed by atoms with van der Waals surface area (Å²) >= 11 is 0. The Balaban J connectivity index is 2.42. The van der Waals surface area contributed by atoms with Gasteiger partial charge in [0, 0.05) is 12.2 Å². The van der Waals surface area contributed by atoms with E-state index in [1.54, 1.807) is 0 Å². The summed E-state index contributed by atoms with van der Waals surface area (Å²) in [4.78, 5) is 11.8. The van der Waals surface area contributed by atoms with Crippen LogP contribution in [0.4, 0.5) is 5.69 Å². The maximum absolute atomic E-state index is 11.8. The van der Waals surface area contributed by atoms with Gasteiger partial charge in [0.2, 0.25) is 5.91 Å². The van der Waals surface area contributed by atoms with Crippen molar-refractivity contribution in [2.75, 3.05) is 11.9 Å². The molecule has 1 heterocycles. The summed E-state index contributed by atoms with van der Waals surface area (Å²) in [7, 11) is 0. The third kappa shape index (κ3) is 1.83. The Hall–Kier alpha value is -1.35. The zero-order chi connectivity index (χ0) is 11.7. The highest BCUT2D eigenvalue weighted by Gasteiger charge is 2.26. The maximum Gasteiger partial charge on any atom is 0.229 e. The summed E-state index contributed by atoms with van der Waals surface area (Å²) in [6.07, 6.45) is 0.762. The third-order valence-corrected chi connectivity index (χ3v) is 3.17. The standard InChI is InChI=1S/C13H18N2O/c1-8(2)11-5-3-4-9-6-10(7-14)13(16)15-12(9)11/h3-5,8,10H,6-7,14H2,1-2H3,(H,15,16). The van der Waals surface area contributed by atoms with E-state index in [0.717, 1.165) is 12.1 Å². The fourth-order valence-corrected chi connectivity index (χ4v) is 2.20. The maximum atomic E-state index is 11.8. The van der Waals surface area contributed by atoms with Crippen LogP contribution in [-0.4, -0.2) is 12.5 Å². The molecule has 2 rings (SSSR count). The van der Waals surface area contributed by atoms with Crippen molar-refractivity contribution < 1.29 is 4.79 Å².